The van der Waals surface area contributed by atoms with Crippen molar-refractivity contribution in [1.82, 2.24) is 0 Å². The van der Waals surface area contributed by atoms with Gasteiger partial charge in [0.05, 0.1) is 0 Å². The van der Waals surface area contributed by atoms with Gasteiger partial charge in [0.15, 0.2) is 0 Å². The first-order chi connectivity index (χ1) is 9.75. The number of hydrogen-bond donors (Lipinski definition) is 0. The number of rotatable bonds is 0. The predicted molar refractivity (Wildman–Crippen MR) is 83.5 cm³/mol. The van der Waals surface area contributed by atoms with Crippen LogP contribution in [0.1, 0.15) is 31.8 Å². The molecule has 4 rings (SSSR count). The summed E-state index contributed by atoms with van der Waals surface area (Å²) in [7, 11) is 0. The van der Waals surface area contributed by atoms with Crippen LogP contribution in [0.2, 0.25) is 0 Å². The lowest BCUT2D eigenvalue weighted by Crippen LogP contribution is -1.86. The van der Waals surface area contributed by atoms with Crippen LogP contribution in [0.5, 0.6) is 0 Å². The zero-order valence-electron chi connectivity index (χ0n) is 10.3. The van der Waals surface area contributed by atoms with E-state index in [1.807, 2.05) is 48.5 Å². The van der Waals surface area contributed by atoms with Crippen LogP contribution in [0, 0.1) is 0 Å². The molecule has 96 valence electrons. The lowest BCUT2D eigenvalue weighted by atomic mass is 10.0. The van der Waals surface area contributed by atoms with E-state index in [2.05, 4.69) is 0 Å². The molecule has 2 aliphatic rings. The molecule has 0 aliphatic carbocycles. The van der Waals surface area contributed by atoms with Gasteiger partial charge in [0.1, 0.15) is 0 Å². The van der Waals surface area contributed by atoms with Crippen molar-refractivity contribution in [3.8, 4) is 0 Å². The average molecular weight is 296 g/mol. The third-order valence-electron chi connectivity index (χ3n) is 3.38. The van der Waals surface area contributed by atoms with E-state index in [4.69, 9.17) is 0 Å². The molecule has 4 heteroatoms. The summed E-state index contributed by atoms with van der Waals surface area (Å²) < 4.78 is 0. The molecule has 0 aromatic heterocycles. The minimum absolute atomic E-state index is 0.0560. The Morgan fingerprint density at radius 1 is 0.550 bits per heavy atom. The molecule has 0 bridgehead atoms. The zero-order chi connectivity index (χ0) is 13.7. The van der Waals surface area contributed by atoms with Crippen LogP contribution < -0.4 is 0 Å². The monoisotopic (exact) mass is 296 g/mol. The van der Waals surface area contributed by atoms with Crippen molar-refractivity contribution < 1.29 is 9.59 Å². The lowest BCUT2D eigenvalue weighted by Gasteiger charge is -2.04. The largest absolute Gasteiger partial charge is 0.281 e. The van der Waals surface area contributed by atoms with Gasteiger partial charge in [-0.1, -0.05) is 36.4 Å². The molecule has 2 aromatic carbocycles. The maximum Gasteiger partial charge on any atom is 0.224 e. The fourth-order valence-corrected chi connectivity index (χ4v) is 4.64. The molecule has 0 N–H and O–H groups in total. The summed E-state index contributed by atoms with van der Waals surface area (Å²) >= 11 is 2.45. The van der Waals surface area contributed by atoms with E-state index in [1.165, 1.54) is 23.5 Å². The van der Waals surface area contributed by atoms with Crippen LogP contribution in [0.4, 0.5) is 0 Å². The van der Waals surface area contributed by atoms with Gasteiger partial charge in [-0.05, 0) is 35.7 Å². The standard InChI is InChI=1S/C16H8O2S2/c17-15-11-7-3-1-5-9(11)13(19-15)14-10-6-2-4-8-12(10)16(18)20-14/h1-8H/b14-13-. The number of hydrogen-bond acceptors (Lipinski definition) is 4. The smallest absolute Gasteiger partial charge is 0.224 e. The number of carbonyl (C=O) groups excluding carboxylic acids is 2. The maximum absolute atomic E-state index is 12.1. The van der Waals surface area contributed by atoms with Crippen molar-refractivity contribution in [1.29, 1.82) is 0 Å². The third kappa shape index (κ3) is 1.62. The maximum atomic E-state index is 12.1. The summed E-state index contributed by atoms with van der Waals surface area (Å²) in [5, 5.41) is 0.112. The van der Waals surface area contributed by atoms with Gasteiger partial charge in [-0.15, -0.1) is 0 Å². The Balaban J connectivity index is 1.99. The second-order valence-electron chi connectivity index (χ2n) is 4.53. The molecule has 0 saturated carbocycles. The highest BCUT2D eigenvalue weighted by molar-refractivity contribution is 8.27. The Hall–Kier alpha value is -1.78. The van der Waals surface area contributed by atoms with Crippen molar-refractivity contribution >= 4 is 43.6 Å². The normalized spacial score (nSPS) is 20.2. The van der Waals surface area contributed by atoms with Crippen LogP contribution in [-0.4, -0.2) is 10.2 Å². The second-order valence-corrected chi connectivity index (χ2v) is 6.49. The summed E-state index contributed by atoms with van der Waals surface area (Å²) in [6.45, 7) is 0. The van der Waals surface area contributed by atoms with Gasteiger partial charge < -0.3 is 0 Å². The zero-order valence-corrected chi connectivity index (χ0v) is 11.9. The minimum Gasteiger partial charge on any atom is -0.281 e. The molecule has 2 nitrogen and oxygen atoms in total. The molecule has 0 spiro atoms. The number of benzene rings is 2. The molecule has 2 aliphatic heterocycles. The highest BCUT2D eigenvalue weighted by atomic mass is 32.2. The topological polar surface area (TPSA) is 34.1 Å². The van der Waals surface area contributed by atoms with E-state index in [-0.39, 0.29) is 10.2 Å². The van der Waals surface area contributed by atoms with Gasteiger partial charge in [0, 0.05) is 32.1 Å². The predicted octanol–water partition coefficient (Wildman–Crippen LogP) is 4.29. The summed E-state index contributed by atoms with van der Waals surface area (Å²) in [5.41, 5.74) is 3.35. The first kappa shape index (κ1) is 12.0. The van der Waals surface area contributed by atoms with Gasteiger partial charge in [-0.3, -0.25) is 9.59 Å². The van der Waals surface area contributed by atoms with E-state index >= 15 is 0 Å². The van der Waals surface area contributed by atoms with Crippen molar-refractivity contribution in [2.75, 3.05) is 0 Å². The molecule has 0 unspecified atom stereocenters. The highest BCUT2D eigenvalue weighted by Gasteiger charge is 2.33. The Morgan fingerprint density at radius 2 is 0.900 bits per heavy atom. The summed E-state index contributed by atoms with van der Waals surface area (Å²) in [6.07, 6.45) is 0. The molecule has 20 heavy (non-hydrogen) atoms. The third-order valence-corrected chi connectivity index (χ3v) is 5.58. The van der Waals surface area contributed by atoms with E-state index in [1.54, 1.807) is 0 Å². The first-order valence-electron chi connectivity index (χ1n) is 6.13. The molecule has 0 radical (unpaired) electrons. The van der Waals surface area contributed by atoms with Crippen LogP contribution in [0.15, 0.2) is 48.5 Å². The Labute approximate surface area is 124 Å². The summed E-state index contributed by atoms with van der Waals surface area (Å²) in [5.74, 6) is 0. The Morgan fingerprint density at radius 3 is 1.30 bits per heavy atom. The van der Waals surface area contributed by atoms with Crippen LogP contribution in [0.3, 0.4) is 0 Å². The second kappa shape index (κ2) is 4.36. The molecular formula is C16H8O2S2. The molecule has 0 fully saturated rings. The van der Waals surface area contributed by atoms with E-state index in [9.17, 15) is 9.59 Å². The lowest BCUT2D eigenvalue weighted by molar-refractivity contribution is 0.108. The molecule has 2 aromatic rings. The van der Waals surface area contributed by atoms with Crippen LogP contribution >= 0.6 is 23.5 Å². The van der Waals surface area contributed by atoms with Gasteiger partial charge in [0.2, 0.25) is 10.2 Å². The summed E-state index contributed by atoms with van der Waals surface area (Å²) in [6, 6.07) is 15.1. The fraction of sp³-hybridized carbons (Fsp3) is 0. The highest BCUT2D eigenvalue weighted by Crippen LogP contribution is 2.52. The van der Waals surface area contributed by atoms with Gasteiger partial charge in [-0.2, -0.15) is 0 Å². The van der Waals surface area contributed by atoms with E-state index < -0.39 is 0 Å². The minimum atomic E-state index is 0.0560. The first-order valence-corrected chi connectivity index (χ1v) is 7.76. The fourth-order valence-electron chi connectivity index (χ4n) is 2.46. The van der Waals surface area contributed by atoms with Crippen molar-refractivity contribution in [2.45, 2.75) is 0 Å². The molecule has 0 atom stereocenters. The summed E-state index contributed by atoms with van der Waals surface area (Å²) in [4.78, 5) is 25.9. The van der Waals surface area contributed by atoms with Gasteiger partial charge >= 0.3 is 0 Å². The number of carbonyl (C=O) groups is 2. The number of fused-ring (bicyclic) bond motifs is 2. The van der Waals surface area contributed by atoms with E-state index in [0.717, 1.165) is 32.1 Å². The molecule has 0 amide bonds. The van der Waals surface area contributed by atoms with Crippen molar-refractivity contribution in [3.63, 3.8) is 0 Å². The molecule has 0 saturated heterocycles. The molecule has 2 heterocycles. The number of thioether (sulfide) groups is 2. The van der Waals surface area contributed by atoms with Gasteiger partial charge in [0.25, 0.3) is 0 Å². The quantitative estimate of drug-likeness (QED) is 0.726. The van der Waals surface area contributed by atoms with Gasteiger partial charge in [-0.25, -0.2) is 0 Å². The van der Waals surface area contributed by atoms with Crippen molar-refractivity contribution in [2.24, 2.45) is 0 Å². The Kier molecular flexibility index (Phi) is 2.62. The Bertz CT molecular complexity index is 738. The average Bonchev–Trinajstić information content (AvgIpc) is 2.99. The van der Waals surface area contributed by atoms with E-state index in [0.29, 0.717) is 0 Å². The SMILES string of the molecule is O=C1S/C(=C2\SC(=O)c3ccccc32)c2ccccc21. The van der Waals surface area contributed by atoms with Crippen LogP contribution in [0.25, 0.3) is 9.81 Å². The molecular weight excluding hydrogens is 288 g/mol. The van der Waals surface area contributed by atoms with Crippen molar-refractivity contribution in [3.05, 3.63) is 70.8 Å². The van der Waals surface area contributed by atoms with Crippen LogP contribution in [-0.2, 0) is 0 Å².